The molecule has 0 atom stereocenters. The quantitative estimate of drug-likeness (QED) is 0.790. The van der Waals surface area contributed by atoms with E-state index in [9.17, 15) is 9.18 Å². The zero-order valence-electron chi connectivity index (χ0n) is 10.7. The summed E-state index contributed by atoms with van der Waals surface area (Å²) in [7, 11) is 0. The summed E-state index contributed by atoms with van der Waals surface area (Å²) in [6, 6.07) is 4.79. The molecule has 0 saturated carbocycles. The second kappa shape index (κ2) is 6.91. The van der Waals surface area contributed by atoms with Gasteiger partial charge in [-0.2, -0.15) is 0 Å². The Hall–Kier alpha value is -1.68. The third-order valence-electron chi connectivity index (χ3n) is 2.77. The van der Waals surface area contributed by atoms with E-state index in [0.717, 1.165) is 31.3 Å². The molecule has 1 aromatic carbocycles. The lowest BCUT2D eigenvalue weighted by atomic mass is 10.1. The van der Waals surface area contributed by atoms with Gasteiger partial charge in [-0.3, -0.25) is 4.90 Å². The van der Waals surface area contributed by atoms with E-state index in [-0.39, 0.29) is 0 Å². The normalized spacial score (nSPS) is 11.3. The summed E-state index contributed by atoms with van der Waals surface area (Å²) in [4.78, 5) is 12.6. The number of hydrogen-bond donors (Lipinski definition) is 1. The van der Waals surface area contributed by atoms with Crippen molar-refractivity contribution in [2.45, 2.75) is 20.4 Å². The third-order valence-corrected chi connectivity index (χ3v) is 2.77. The van der Waals surface area contributed by atoms with E-state index < -0.39 is 11.8 Å². The summed E-state index contributed by atoms with van der Waals surface area (Å²) in [6.07, 6.45) is 2.23. The van der Waals surface area contributed by atoms with Crippen molar-refractivity contribution in [2.24, 2.45) is 0 Å². The monoisotopic (exact) mass is 251 g/mol. The van der Waals surface area contributed by atoms with Gasteiger partial charge in [0.2, 0.25) is 0 Å². The van der Waals surface area contributed by atoms with Crippen LogP contribution in [-0.4, -0.2) is 29.1 Å². The molecule has 98 valence electrons. The first-order chi connectivity index (χ1) is 8.56. The van der Waals surface area contributed by atoms with Crippen LogP contribution in [0.15, 0.2) is 24.3 Å². The van der Waals surface area contributed by atoms with Crippen LogP contribution >= 0.6 is 0 Å². The maximum atomic E-state index is 13.5. The van der Waals surface area contributed by atoms with E-state index >= 15 is 0 Å². The van der Waals surface area contributed by atoms with Crippen LogP contribution in [0.5, 0.6) is 0 Å². The molecule has 0 saturated heterocycles. The standard InChI is InChI=1S/C14H18FNO2/c1-3-16(4-2)10-11-5-7-13(15)12(9-11)6-8-14(17)18/h5-9H,3-4,10H2,1-2H3,(H,17,18)/b8-6+. The smallest absolute Gasteiger partial charge is 0.328 e. The van der Waals surface area contributed by atoms with Crippen molar-refractivity contribution in [2.75, 3.05) is 13.1 Å². The zero-order valence-corrected chi connectivity index (χ0v) is 10.7. The average molecular weight is 251 g/mol. The van der Waals surface area contributed by atoms with Crippen molar-refractivity contribution in [3.05, 3.63) is 41.2 Å². The minimum atomic E-state index is -1.08. The molecule has 0 bridgehead atoms. The minimum absolute atomic E-state index is 0.307. The van der Waals surface area contributed by atoms with Crippen LogP contribution in [0.4, 0.5) is 4.39 Å². The zero-order chi connectivity index (χ0) is 13.5. The van der Waals surface area contributed by atoms with Gasteiger partial charge in [-0.1, -0.05) is 19.9 Å². The molecule has 0 fully saturated rings. The third kappa shape index (κ3) is 4.30. The highest BCUT2D eigenvalue weighted by Gasteiger charge is 2.05. The van der Waals surface area contributed by atoms with Gasteiger partial charge in [0.25, 0.3) is 0 Å². The molecule has 3 nitrogen and oxygen atoms in total. The van der Waals surface area contributed by atoms with Crippen LogP contribution in [0.2, 0.25) is 0 Å². The number of benzene rings is 1. The van der Waals surface area contributed by atoms with Gasteiger partial charge < -0.3 is 5.11 Å². The largest absolute Gasteiger partial charge is 0.478 e. The van der Waals surface area contributed by atoms with Gasteiger partial charge >= 0.3 is 5.97 Å². The molecule has 0 aliphatic rings. The molecule has 4 heteroatoms. The molecule has 1 rings (SSSR count). The summed E-state index contributed by atoms with van der Waals surface area (Å²) in [5, 5.41) is 8.54. The number of hydrogen-bond acceptors (Lipinski definition) is 2. The number of carboxylic acid groups (broad SMARTS) is 1. The van der Waals surface area contributed by atoms with Crippen LogP contribution in [0, 0.1) is 5.82 Å². The van der Waals surface area contributed by atoms with Crippen molar-refractivity contribution in [1.29, 1.82) is 0 Å². The Morgan fingerprint density at radius 2 is 2.06 bits per heavy atom. The lowest BCUT2D eigenvalue weighted by molar-refractivity contribution is -0.131. The van der Waals surface area contributed by atoms with Crippen molar-refractivity contribution in [1.82, 2.24) is 4.90 Å². The molecule has 0 spiro atoms. The molecule has 1 N–H and O–H groups in total. The molecule has 0 aliphatic heterocycles. The first-order valence-electron chi connectivity index (χ1n) is 5.98. The predicted molar refractivity (Wildman–Crippen MR) is 69.7 cm³/mol. The van der Waals surface area contributed by atoms with Crippen molar-refractivity contribution >= 4 is 12.0 Å². The SMILES string of the molecule is CCN(CC)Cc1ccc(F)c(/C=C/C(=O)O)c1. The lowest BCUT2D eigenvalue weighted by Gasteiger charge is -2.18. The van der Waals surface area contributed by atoms with Crippen LogP contribution in [-0.2, 0) is 11.3 Å². The van der Waals surface area contributed by atoms with Gasteiger partial charge in [0, 0.05) is 18.2 Å². The fourth-order valence-corrected chi connectivity index (χ4v) is 1.69. The van der Waals surface area contributed by atoms with Gasteiger partial charge in [0.1, 0.15) is 5.82 Å². The van der Waals surface area contributed by atoms with Crippen LogP contribution in [0.25, 0.3) is 6.08 Å². The van der Waals surface area contributed by atoms with E-state index in [1.807, 2.05) is 0 Å². The van der Waals surface area contributed by atoms with Crippen molar-refractivity contribution in [3.63, 3.8) is 0 Å². The predicted octanol–water partition coefficient (Wildman–Crippen LogP) is 2.77. The van der Waals surface area contributed by atoms with E-state index in [4.69, 9.17) is 5.11 Å². The molecule has 0 aliphatic carbocycles. The maximum Gasteiger partial charge on any atom is 0.328 e. The minimum Gasteiger partial charge on any atom is -0.478 e. The number of aliphatic carboxylic acids is 1. The van der Waals surface area contributed by atoms with Gasteiger partial charge in [0.15, 0.2) is 0 Å². The van der Waals surface area contributed by atoms with E-state index in [1.165, 1.54) is 12.1 Å². The fraction of sp³-hybridized carbons (Fsp3) is 0.357. The molecular formula is C14H18FNO2. The number of nitrogens with zero attached hydrogens (tertiary/aromatic N) is 1. The van der Waals surface area contributed by atoms with E-state index in [0.29, 0.717) is 5.56 Å². The Balaban J connectivity index is 2.89. The highest BCUT2D eigenvalue weighted by Crippen LogP contribution is 2.14. The molecule has 0 heterocycles. The Kier molecular flexibility index (Phi) is 5.52. The summed E-state index contributed by atoms with van der Waals surface area (Å²) in [5.41, 5.74) is 1.28. The molecule has 0 amide bonds. The summed E-state index contributed by atoms with van der Waals surface area (Å²) >= 11 is 0. The van der Waals surface area contributed by atoms with E-state index in [2.05, 4.69) is 18.7 Å². The Morgan fingerprint density at radius 3 is 2.61 bits per heavy atom. The van der Waals surface area contributed by atoms with Gasteiger partial charge in [0.05, 0.1) is 0 Å². The van der Waals surface area contributed by atoms with Crippen LogP contribution in [0.1, 0.15) is 25.0 Å². The maximum absolute atomic E-state index is 13.5. The topological polar surface area (TPSA) is 40.5 Å². The molecule has 0 unspecified atom stereocenters. The van der Waals surface area contributed by atoms with Crippen LogP contribution in [0.3, 0.4) is 0 Å². The van der Waals surface area contributed by atoms with Crippen LogP contribution < -0.4 is 0 Å². The second-order valence-corrected chi connectivity index (χ2v) is 3.99. The summed E-state index contributed by atoms with van der Waals surface area (Å²) < 4.78 is 13.5. The second-order valence-electron chi connectivity index (χ2n) is 3.99. The molecule has 0 radical (unpaired) electrons. The van der Waals surface area contributed by atoms with Gasteiger partial charge in [-0.25, -0.2) is 9.18 Å². The molecular weight excluding hydrogens is 233 g/mol. The number of halogens is 1. The Morgan fingerprint density at radius 1 is 1.39 bits per heavy atom. The molecule has 1 aromatic rings. The number of carbonyl (C=O) groups is 1. The highest BCUT2D eigenvalue weighted by atomic mass is 19.1. The number of rotatable bonds is 6. The average Bonchev–Trinajstić information content (AvgIpc) is 2.36. The van der Waals surface area contributed by atoms with Crippen molar-refractivity contribution < 1.29 is 14.3 Å². The van der Waals surface area contributed by atoms with Crippen molar-refractivity contribution in [3.8, 4) is 0 Å². The summed E-state index contributed by atoms with van der Waals surface area (Å²) in [5.74, 6) is -1.49. The first-order valence-corrected chi connectivity index (χ1v) is 5.98. The number of carboxylic acids is 1. The van der Waals surface area contributed by atoms with Gasteiger partial charge in [-0.15, -0.1) is 0 Å². The lowest BCUT2D eigenvalue weighted by Crippen LogP contribution is -2.22. The molecule has 0 aromatic heterocycles. The Labute approximate surface area is 107 Å². The first kappa shape index (κ1) is 14.4. The van der Waals surface area contributed by atoms with E-state index in [1.54, 1.807) is 12.1 Å². The molecule has 18 heavy (non-hydrogen) atoms. The fourth-order valence-electron chi connectivity index (χ4n) is 1.69. The Bertz CT molecular complexity index is 439. The summed E-state index contributed by atoms with van der Waals surface area (Å²) in [6.45, 7) is 6.72. The van der Waals surface area contributed by atoms with Gasteiger partial charge in [-0.05, 0) is 36.9 Å². The highest BCUT2D eigenvalue weighted by molar-refractivity contribution is 5.85.